The van der Waals surface area contributed by atoms with Crippen molar-refractivity contribution < 1.29 is 4.79 Å². The van der Waals surface area contributed by atoms with E-state index < -0.39 is 11.2 Å². The number of hydrogen-bond acceptors (Lipinski definition) is 6. The molecule has 32 heavy (non-hydrogen) atoms. The van der Waals surface area contributed by atoms with E-state index in [4.69, 9.17) is 0 Å². The molecule has 1 aliphatic rings. The van der Waals surface area contributed by atoms with E-state index in [1.807, 2.05) is 24.3 Å². The number of rotatable bonds is 4. The Morgan fingerprint density at radius 3 is 2.53 bits per heavy atom. The van der Waals surface area contributed by atoms with Gasteiger partial charge in [-0.05, 0) is 23.5 Å². The molecule has 0 unspecified atom stereocenters. The first kappa shape index (κ1) is 22.3. The van der Waals surface area contributed by atoms with Crippen LogP contribution in [0.15, 0.2) is 38.9 Å². The lowest BCUT2D eigenvalue weighted by Crippen LogP contribution is -2.38. The van der Waals surface area contributed by atoms with Crippen molar-refractivity contribution in [1.29, 1.82) is 0 Å². The second-order valence-electron chi connectivity index (χ2n) is 9.30. The van der Waals surface area contributed by atoms with Gasteiger partial charge in [0.2, 0.25) is 5.91 Å². The largest absolute Gasteiger partial charge is 0.332 e. The van der Waals surface area contributed by atoms with Crippen LogP contribution in [0, 0.1) is 5.41 Å². The Morgan fingerprint density at radius 1 is 1.09 bits per heavy atom. The quantitative estimate of drug-likeness (QED) is 0.445. The molecule has 3 aromatic rings. The molecule has 0 N–H and O–H groups in total. The van der Waals surface area contributed by atoms with Gasteiger partial charge in [-0.25, -0.2) is 14.8 Å². The van der Waals surface area contributed by atoms with Crippen molar-refractivity contribution >= 4 is 34.4 Å². The molecule has 0 radical (unpaired) electrons. The van der Waals surface area contributed by atoms with Gasteiger partial charge in [0.1, 0.15) is 16.2 Å². The summed E-state index contributed by atoms with van der Waals surface area (Å²) in [5.41, 5.74) is 1.43. The number of hydrogen-bond donors (Lipinski definition) is 0. The molecule has 1 aliphatic heterocycles. The first-order chi connectivity index (χ1) is 15.1. The van der Waals surface area contributed by atoms with Crippen molar-refractivity contribution in [2.75, 3.05) is 17.2 Å². The third-order valence-corrected chi connectivity index (χ3v) is 6.48. The summed E-state index contributed by atoms with van der Waals surface area (Å²) >= 11 is 1.23. The fourth-order valence-corrected chi connectivity index (χ4v) is 4.84. The van der Waals surface area contributed by atoms with Gasteiger partial charge in [-0.1, -0.05) is 50.7 Å². The molecule has 0 saturated heterocycles. The molecule has 1 amide bonds. The average molecular weight is 454 g/mol. The number of benzene rings is 1. The van der Waals surface area contributed by atoms with E-state index in [9.17, 15) is 14.4 Å². The van der Waals surface area contributed by atoms with Crippen LogP contribution in [0.5, 0.6) is 0 Å². The normalized spacial score (nSPS) is 13.6. The highest BCUT2D eigenvalue weighted by molar-refractivity contribution is 8.00. The number of carbonyl (C=O) groups is 1. The number of nitrogens with zero attached hydrogens (tertiary/aromatic N) is 5. The second-order valence-corrected chi connectivity index (χ2v) is 10.3. The van der Waals surface area contributed by atoms with Crippen LogP contribution in [0.25, 0.3) is 11.0 Å². The van der Waals surface area contributed by atoms with Gasteiger partial charge in [0.05, 0.1) is 5.75 Å². The van der Waals surface area contributed by atoms with Gasteiger partial charge in [0, 0.05) is 32.7 Å². The highest BCUT2D eigenvalue weighted by Gasteiger charge is 2.26. The zero-order valence-electron chi connectivity index (χ0n) is 19.0. The topological polar surface area (TPSA) is 90.1 Å². The first-order valence-electron chi connectivity index (χ1n) is 10.5. The molecule has 0 spiro atoms. The molecule has 9 heteroatoms. The van der Waals surface area contributed by atoms with Crippen LogP contribution in [-0.2, 0) is 31.7 Å². The predicted molar refractivity (Wildman–Crippen MR) is 126 cm³/mol. The van der Waals surface area contributed by atoms with Gasteiger partial charge >= 0.3 is 5.69 Å². The van der Waals surface area contributed by atoms with Crippen molar-refractivity contribution in [3.8, 4) is 0 Å². The Hall–Kier alpha value is -2.94. The summed E-state index contributed by atoms with van der Waals surface area (Å²) in [5.74, 6) is 0.655. The molecule has 0 aliphatic carbocycles. The Morgan fingerprint density at radius 2 is 1.81 bits per heavy atom. The zero-order chi connectivity index (χ0) is 23.2. The van der Waals surface area contributed by atoms with Crippen LogP contribution in [0.3, 0.4) is 0 Å². The lowest BCUT2D eigenvalue weighted by atomic mass is 9.92. The number of thioether (sulfide) groups is 1. The number of fused-ring (bicyclic) bond motifs is 2. The molecule has 0 atom stereocenters. The van der Waals surface area contributed by atoms with E-state index in [0.29, 0.717) is 29.5 Å². The summed E-state index contributed by atoms with van der Waals surface area (Å²) in [7, 11) is 3.03. The summed E-state index contributed by atoms with van der Waals surface area (Å²) < 4.78 is 2.42. The van der Waals surface area contributed by atoms with E-state index in [0.717, 1.165) is 22.2 Å². The molecule has 0 bridgehead atoms. The smallest absolute Gasteiger partial charge is 0.311 e. The predicted octanol–water partition coefficient (Wildman–Crippen LogP) is 2.30. The number of aromatic nitrogens is 4. The molecule has 0 fully saturated rings. The number of amides is 1. The molecule has 168 valence electrons. The Bertz CT molecular complexity index is 1340. The van der Waals surface area contributed by atoms with Crippen LogP contribution < -0.4 is 16.1 Å². The van der Waals surface area contributed by atoms with Crippen molar-refractivity contribution in [1.82, 2.24) is 19.1 Å². The number of anilines is 1. The molecular formula is C23H27N5O3S. The molecule has 8 nitrogen and oxygen atoms in total. The SMILES string of the molecule is Cn1c(=O)c2c(SCC(=O)N3CCc4ccccc43)nc(CC(C)(C)C)nc2n(C)c1=O. The summed E-state index contributed by atoms with van der Waals surface area (Å²) in [6.07, 6.45) is 1.41. The van der Waals surface area contributed by atoms with E-state index in [1.54, 1.807) is 11.9 Å². The maximum absolute atomic E-state index is 13.0. The second kappa shape index (κ2) is 8.20. The Labute approximate surface area is 190 Å². The van der Waals surface area contributed by atoms with E-state index in [2.05, 4.69) is 30.7 Å². The molecule has 0 saturated carbocycles. The van der Waals surface area contributed by atoms with Crippen molar-refractivity contribution in [2.45, 2.75) is 38.6 Å². The van der Waals surface area contributed by atoms with E-state index in [1.165, 1.54) is 23.4 Å². The van der Waals surface area contributed by atoms with Crippen LogP contribution >= 0.6 is 11.8 Å². The van der Waals surface area contributed by atoms with Crippen LogP contribution in [-0.4, -0.2) is 37.3 Å². The van der Waals surface area contributed by atoms with Gasteiger partial charge in [0.15, 0.2) is 5.65 Å². The maximum Gasteiger partial charge on any atom is 0.332 e. The molecule has 1 aromatic carbocycles. The van der Waals surface area contributed by atoms with Gasteiger partial charge in [-0.15, -0.1) is 0 Å². The van der Waals surface area contributed by atoms with E-state index in [-0.39, 0.29) is 22.5 Å². The Balaban J connectivity index is 1.73. The van der Waals surface area contributed by atoms with Gasteiger partial charge < -0.3 is 4.90 Å². The standard InChI is InChI=1S/C23H27N5O3S/c1-23(2,3)12-16-24-19-18(21(30)27(5)22(31)26(19)4)20(25-16)32-13-17(29)28-11-10-14-8-6-7-9-15(14)28/h6-9H,10-13H2,1-5H3. The highest BCUT2D eigenvalue weighted by atomic mass is 32.2. The zero-order valence-corrected chi connectivity index (χ0v) is 19.8. The Kier molecular flexibility index (Phi) is 5.70. The summed E-state index contributed by atoms with van der Waals surface area (Å²) in [6.45, 7) is 6.87. The lowest BCUT2D eigenvalue weighted by Gasteiger charge is -2.19. The van der Waals surface area contributed by atoms with Crippen molar-refractivity contribution in [3.63, 3.8) is 0 Å². The third-order valence-electron chi connectivity index (χ3n) is 5.52. The average Bonchev–Trinajstić information content (AvgIpc) is 3.17. The minimum Gasteiger partial charge on any atom is -0.311 e. The van der Waals surface area contributed by atoms with E-state index >= 15 is 0 Å². The molecular weight excluding hydrogens is 426 g/mol. The minimum absolute atomic E-state index is 0.0364. The molecule has 2 aromatic heterocycles. The highest BCUT2D eigenvalue weighted by Crippen LogP contribution is 2.30. The monoisotopic (exact) mass is 453 g/mol. The summed E-state index contributed by atoms with van der Waals surface area (Å²) in [4.78, 5) is 49.4. The van der Waals surface area contributed by atoms with Gasteiger partial charge in [-0.3, -0.25) is 18.7 Å². The van der Waals surface area contributed by atoms with Crippen LogP contribution in [0.4, 0.5) is 5.69 Å². The number of para-hydroxylation sites is 1. The number of carbonyl (C=O) groups excluding carboxylic acids is 1. The summed E-state index contributed by atoms with van der Waals surface area (Å²) in [6, 6.07) is 7.90. The third kappa shape index (κ3) is 4.09. The van der Waals surface area contributed by atoms with Crippen molar-refractivity contribution in [3.05, 3.63) is 56.5 Å². The first-order valence-corrected chi connectivity index (χ1v) is 11.5. The fraction of sp³-hybridized carbons (Fsp3) is 0.435. The molecule has 3 heterocycles. The van der Waals surface area contributed by atoms with Gasteiger partial charge in [-0.2, -0.15) is 0 Å². The van der Waals surface area contributed by atoms with Gasteiger partial charge in [0.25, 0.3) is 5.56 Å². The lowest BCUT2D eigenvalue weighted by molar-refractivity contribution is -0.116. The minimum atomic E-state index is -0.452. The van der Waals surface area contributed by atoms with Crippen molar-refractivity contribution in [2.24, 2.45) is 19.5 Å². The van der Waals surface area contributed by atoms with Crippen LogP contribution in [0.1, 0.15) is 32.2 Å². The number of aryl methyl sites for hydroxylation is 1. The molecule has 4 rings (SSSR count). The maximum atomic E-state index is 13.0. The van der Waals surface area contributed by atoms with Crippen LogP contribution in [0.2, 0.25) is 0 Å². The fourth-order valence-electron chi connectivity index (χ4n) is 3.94. The summed E-state index contributed by atoms with van der Waals surface area (Å²) in [5, 5.41) is 0.707.